The van der Waals surface area contributed by atoms with Gasteiger partial charge in [-0.1, -0.05) is 5.16 Å². The van der Waals surface area contributed by atoms with Crippen LogP contribution in [0.25, 0.3) is 22.8 Å². The van der Waals surface area contributed by atoms with Crippen LogP contribution in [-0.2, 0) is 6.18 Å². The number of rotatable bonds is 3. The molecule has 0 fully saturated rings. The van der Waals surface area contributed by atoms with Crippen molar-refractivity contribution in [3.05, 3.63) is 66.2 Å². The molecule has 162 valence electrons. The number of fused-ring (bicyclic) bond motifs is 1. The topological polar surface area (TPSA) is 116 Å². The number of carbonyl (C=O) groups excluding carboxylic acids is 1. The van der Waals surface area contributed by atoms with Crippen LogP contribution in [-0.4, -0.2) is 37.4 Å². The van der Waals surface area contributed by atoms with Gasteiger partial charge in [-0.25, -0.2) is 4.68 Å². The van der Waals surface area contributed by atoms with Crippen LogP contribution in [0.15, 0.2) is 59.5 Å². The molecule has 1 aliphatic heterocycles. The van der Waals surface area contributed by atoms with E-state index in [9.17, 15) is 18.0 Å². The van der Waals surface area contributed by atoms with Gasteiger partial charge in [-0.3, -0.25) is 9.78 Å². The van der Waals surface area contributed by atoms with E-state index in [1.54, 1.807) is 24.5 Å². The lowest BCUT2D eigenvalue weighted by molar-refractivity contribution is -0.137. The normalized spacial score (nSPS) is 16.3. The van der Waals surface area contributed by atoms with E-state index < -0.39 is 23.8 Å². The van der Waals surface area contributed by atoms with Crippen molar-refractivity contribution in [3.8, 4) is 22.8 Å². The minimum absolute atomic E-state index is 0.0322. The largest absolute Gasteiger partial charge is 0.416 e. The van der Waals surface area contributed by atoms with Gasteiger partial charge in [-0.05, 0) is 36.4 Å². The Labute approximate surface area is 178 Å². The summed E-state index contributed by atoms with van der Waals surface area (Å²) in [6.07, 6.45) is -0.638. The third-order valence-electron chi connectivity index (χ3n) is 5.03. The maximum atomic E-state index is 13.3. The molecule has 1 aliphatic rings. The molecule has 4 aromatic rings. The monoisotopic (exact) mass is 441 g/mol. The summed E-state index contributed by atoms with van der Waals surface area (Å²) in [5.41, 5.74) is 6.69. The van der Waals surface area contributed by atoms with Crippen LogP contribution in [0.5, 0.6) is 0 Å². The average molecular weight is 441 g/mol. The number of aromatic nitrogens is 5. The van der Waals surface area contributed by atoms with Gasteiger partial charge in [0.15, 0.2) is 0 Å². The van der Waals surface area contributed by atoms with Crippen molar-refractivity contribution in [2.75, 3.05) is 11.4 Å². The third kappa shape index (κ3) is 3.30. The van der Waals surface area contributed by atoms with Gasteiger partial charge >= 0.3 is 6.18 Å². The minimum Gasteiger partial charge on any atom is -0.333 e. The highest BCUT2D eigenvalue weighted by Gasteiger charge is 2.36. The highest BCUT2D eigenvalue weighted by Crippen LogP contribution is 2.34. The molecule has 0 bridgehead atoms. The summed E-state index contributed by atoms with van der Waals surface area (Å²) in [5.74, 6) is -0.134. The van der Waals surface area contributed by atoms with Crippen molar-refractivity contribution in [2.24, 2.45) is 5.73 Å². The first-order chi connectivity index (χ1) is 15.3. The molecule has 1 aromatic carbocycles. The van der Waals surface area contributed by atoms with Crippen molar-refractivity contribution < 1.29 is 22.5 Å². The summed E-state index contributed by atoms with van der Waals surface area (Å²) in [5, 5.41) is 8.11. The number of hydrogen-bond donors (Lipinski definition) is 1. The second kappa shape index (κ2) is 7.27. The van der Waals surface area contributed by atoms with E-state index in [1.807, 2.05) is 0 Å². The van der Waals surface area contributed by atoms with Crippen molar-refractivity contribution in [3.63, 3.8) is 0 Å². The molecule has 0 saturated heterocycles. The van der Waals surface area contributed by atoms with Gasteiger partial charge < -0.3 is 15.2 Å². The standard InChI is InChI=1S/C20H14F3N7O2/c21-20(22,23)12-1-3-13(4-2-12)29-10-15(24)30-16(19(29)31)14(9-26-30)18-27-17(28-32-18)11-5-7-25-8-6-11/h1-9,15H,10,24H2/t15-/m1/s1. The number of nitrogens with two attached hydrogens (primary N) is 1. The van der Waals surface area contributed by atoms with Gasteiger partial charge in [0, 0.05) is 23.6 Å². The molecule has 1 atom stereocenters. The zero-order chi connectivity index (χ0) is 22.5. The van der Waals surface area contributed by atoms with Gasteiger partial charge in [-0.15, -0.1) is 0 Å². The lowest BCUT2D eigenvalue weighted by Gasteiger charge is -2.32. The Kier molecular flexibility index (Phi) is 4.51. The molecule has 0 radical (unpaired) electrons. The van der Waals surface area contributed by atoms with E-state index in [4.69, 9.17) is 10.3 Å². The molecule has 12 heteroatoms. The molecule has 9 nitrogen and oxygen atoms in total. The summed E-state index contributed by atoms with van der Waals surface area (Å²) < 4.78 is 45.3. The van der Waals surface area contributed by atoms with Gasteiger partial charge in [0.1, 0.15) is 11.9 Å². The molecule has 2 N–H and O–H groups in total. The molecule has 0 aliphatic carbocycles. The van der Waals surface area contributed by atoms with E-state index >= 15 is 0 Å². The molecule has 3 aromatic heterocycles. The number of anilines is 1. The van der Waals surface area contributed by atoms with Crippen LogP contribution in [0.1, 0.15) is 22.2 Å². The highest BCUT2D eigenvalue weighted by molar-refractivity contribution is 6.09. The van der Waals surface area contributed by atoms with Gasteiger partial charge in [-0.2, -0.15) is 23.3 Å². The van der Waals surface area contributed by atoms with E-state index in [2.05, 4.69) is 20.2 Å². The summed E-state index contributed by atoms with van der Waals surface area (Å²) in [4.78, 5) is 22.8. The third-order valence-corrected chi connectivity index (χ3v) is 5.03. The maximum Gasteiger partial charge on any atom is 0.416 e. The first kappa shape index (κ1) is 19.9. The van der Waals surface area contributed by atoms with E-state index in [-0.39, 0.29) is 29.4 Å². The van der Waals surface area contributed by atoms with E-state index in [0.717, 1.165) is 12.1 Å². The number of halogens is 3. The molecule has 0 saturated carbocycles. The van der Waals surface area contributed by atoms with Crippen LogP contribution < -0.4 is 10.6 Å². The summed E-state index contributed by atoms with van der Waals surface area (Å²) in [6, 6.07) is 7.70. The smallest absolute Gasteiger partial charge is 0.333 e. The second-order valence-electron chi connectivity index (χ2n) is 7.04. The van der Waals surface area contributed by atoms with Crippen LogP contribution in [0.3, 0.4) is 0 Å². The van der Waals surface area contributed by atoms with Crippen molar-refractivity contribution in [1.82, 2.24) is 24.9 Å². The molecule has 1 amide bonds. The lowest BCUT2D eigenvalue weighted by atomic mass is 10.1. The highest BCUT2D eigenvalue weighted by atomic mass is 19.4. The van der Waals surface area contributed by atoms with Gasteiger partial charge in [0.05, 0.1) is 23.9 Å². The fraction of sp³-hybridized carbons (Fsp3) is 0.150. The number of nitrogens with zero attached hydrogens (tertiary/aromatic N) is 6. The number of hydrogen-bond acceptors (Lipinski definition) is 7. The Hall–Kier alpha value is -4.06. The summed E-state index contributed by atoms with van der Waals surface area (Å²) >= 11 is 0. The molecular formula is C20H14F3N7O2. The maximum absolute atomic E-state index is 13.3. The zero-order valence-electron chi connectivity index (χ0n) is 16.2. The lowest BCUT2D eigenvalue weighted by Crippen LogP contribution is -2.46. The first-order valence-electron chi connectivity index (χ1n) is 9.39. The summed E-state index contributed by atoms with van der Waals surface area (Å²) in [6.45, 7) is 0.0322. The molecule has 32 heavy (non-hydrogen) atoms. The quantitative estimate of drug-likeness (QED) is 0.519. The number of pyridine rings is 1. The molecule has 5 rings (SSSR count). The fourth-order valence-electron chi connectivity index (χ4n) is 3.46. The number of amides is 1. The Balaban J connectivity index is 1.51. The van der Waals surface area contributed by atoms with Crippen LogP contribution in [0, 0.1) is 0 Å². The van der Waals surface area contributed by atoms with Gasteiger partial charge in [0.2, 0.25) is 5.82 Å². The predicted molar refractivity (Wildman–Crippen MR) is 105 cm³/mol. The predicted octanol–water partition coefficient (Wildman–Crippen LogP) is 3.13. The zero-order valence-corrected chi connectivity index (χ0v) is 16.2. The Bertz CT molecular complexity index is 1280. The first-order valence-corrected chi connectivity index (χ1v) is 9.39. The Morgan fingerprint density at radius 2 is 1.81 bits per heavy atom. The number of alkyl halides is 3. The number of carbonyl (C=O) groups is 1. The van der Waals surface area contributed by atoms with E-state index in [1.165, 1.54) is 27.9 Å². The van der Waals surface area contributed by atoms with E-state index in [0.29, 0.717) is 11.4 Å². The molecule has 0 unspecified atom stereocenters. The molecular weight excluding hydrogens is 427 g/mol. The second-order valence-corrected chi connectivity index (χ2v) is 7.04. The molecule has 4 heterocycles. The van der Waals surface area contributed by atoms with Crippen LogP contribution in [0.2, 0.25) is 0 Å². The minimum atomic E-state index is -4.48. The van der Waals surface area contributed by atoms with Crippen molar-refractivity contribution in [2.45, 2.75) is 12.3 Å². The van der Waals surface area contributed by atoms with Crippen molar-refractivity contribution in [1.29, 1.82) is 0 Å². The van der Waals surface area contributed by atoms with Gasteiger partial charge in [0.25, 0.3) is 11.8 Å². The fourth-order valence-corrected chi connectivity index (χ4v) is 3.46. The SMILES string of the molecule is N[C@H]1CN(c2ccc(C(F)(F)F)cc2)C(=O)c2c(-c3nc(-c4ccncc4)no3)cnn21. The van der Waals surface area contributed by atoms with Crippen molar-refractivity contribution >= 4 is 11.6 Å². The number of benzene rings is 1. The average Bonchev–Trinajstić information content (AvgIpc) is 3.44. The molecule has 0 spiro atoms. The van der Waals surface area contributed by atoms with Crippen LogP contribution in [0.4, 0.5) is 18.9 Å². The summed E-state index contributed by atoms with van der Waals surface area (Å²) in [7, 11) is 0. The Morgan fingerprint density at radius 1 is 1.09 bits per heavy atom. The Morgan fingerprint density at radius 3 is 2.50 bits per heavy atom. The van der Waals surface area contributed by atoms with Crippen LogP contribution >= 0.6 is 0 Å².